The molecule has 0 aliphatic carbocycles. The van der Waals surface area contributed by atoms with Crippen LogP contribution in [0.5, 0.6) is 0 Å². The largest absolute Gasteiger partial charge is 0.329 e. The molecule has 1 aromatic heterocycles. The van der Waals surface area contributed by atoms with Gasteiger partial charge in [-0.15, -0.1) is 0 Å². The van der Waals surface area contributed by atoms with Gasteiger partial charge in [-0.1, -0.05) is 6.07 Å². The Morgan fingerprint density at radius 2 is 1.88 bits per heavy atom. The molecule has 26 heavy (non-hydrogen) atoms. The number of carbonyl (C=O) groups excluding carboxylic acids is 1. The first kappa shape index (κ1) is 18.5. The van der Waals surface area contributed by atoms with Gasteiger partial charge in [0.2, 0.25) is 15.9 Å². The number of amides is 1. The van der Waals surface area contributed by atoms with E-state index in [4.69, 9.17) is 0 Å². The third-order valence-corrected chi connectivity index (χ3v) is 6.33. The summed E-state index contributed by atoms with van der Waals surface area (Å²) in [6.45, 7) is 4.78. The van der Waals surface area contributed by atoms with Crippen molar-refractivity contribution in [3.8, 4) is 0 Å². The molecule has 0 unspecified atom stereocenters. The lowest BCUT2D eigenvalue weighted by Gasteiger charge is -2.31. The molecule has 1 saturated heterocycles. The van der Waals surface area contributed by atoms with E-state index in [1.165, 1.54) is 28.3 Å². The lowest BCUT2D eigenvalue weighted by Crippen LogP contribution is -3.13. The fourth-order valence-electron chi connectivity index (χ4n) is 3.07. The Balaban J connectivity index is 1.61. The number of nitrogens with one attached hydrogen (secondary N) is 2. The SMILES string of the molecule is CC(=O)Nc1ccc(S(=O)(=O)N2CC[NH+](Cc3cccnc3)CC2)cc1. The van der Waals surface area contributed by atoms with Gasteiger partial charge in [-0.2, -0.15) is 4.31 Å². The first-order valence-corrected chi connectivity index (χ1v) is 9.99. The molecule has 0 atom stereocenters. The lowest BCUT2D eigenvalue weighted by molar-refractivity contribution is -0.917. The third-order valence-electron chi connectivity index (χ3n) is 4.42. The standard InChI is InChI=1S/C18H22N4O3S/c1-15(23)20-17-4-6-18(7-5-17)26(24,25)22-11-9-21(10-12-22)14-16-3-2-8-19-13-16/h2-8,13H,9-12,14H2,1H3,(H,20,23)/p+1. The van der Waals surface area contributed by atoms with Crippen LogP contribution in [0, 0.1) is 0 Å². The first-order chi connectivity index (χ1) is 12.4. The molecule has 1 amide bonds. The van der Waals surface area contributed by atoms with Crippen molar-refractivity contribution in [2.75, 3.05) is 31.5 Å². The second-order valence-corrected chi connectivity index (χ2v) is 8.34. The third kappa shape index (κ3) is 4.46. The van der Waals surface area contributed by atoms with E-state index in [1.807, 2.05) is 18.3 Å². The molecule has 0 spiro atoms. The predicted molar refractivity (Wildman–Crippen MR) is 98.1 cm³/mol. The highest BCUT2D eigenvalue weighted by Crippen LogP contribution is 2.18. The summed E-state index contributed by atoms with van der Waals surface area (Å²) in [5, 5.41) is 2.64. The zero-order valence-electron chi connectivity index (χ0n) is 14.7. The Bertz CT molecular complexity index is 846. The summed E-state index contributed by atoms with van der Waals surface area (Å²) in [6.07, 6.45) is 3.60. The topological polar surface area (TPSA) is 83.8 Å². The van der Waals surface area contributed by atoms with Crippen LogP contribution >= 0.6 is 0 Å². The number of pyridine rings is 1. The molecule has 1 aromatic carbocycles. The summed E-state index contributed by atoms with van der Waals surface area (Å²) in [5.41, 5.74) is 1.74. The Kier molecular flexibility index (Phi) is 5.65. The fourth-order valence-corrected chi connectivity index (χ4v) is 4.51. The van der Waals surface area contributed by atoms with Crippen molar-refractivity contribution in [3.63, 3.8) is 0 Å². The van der Waals surface area contributed by atoms with Crippen LogP contribution in [0.3, 0.4) is 0 Å². The van der Waals surface area contributed by atoms with Gasteiger partial charge in [0.25, 0.3) is 0 Å². The number of rotatable bonds is 5. The van der Waals surface area contributed by atoms with Gasteiger partial charge in [0.05, 0.1) is 31.1 Å². The van der Waals surface area contributed by atoms with E-state index in [1.54, 1.807) is 18.3 Å². The van der Waals surface area contributed by atoms with Crippen molar-refractivity contribution >= 4 is 21.6 Å². The van der Waals surface area contributed by atoms with E-state index in [0.29, 0.717) is 18.8 Å². The predicted octanol–water partition coefficient (Wildman–Crippen LogP) is 0.129. The molecule has 3 rings (SSSR count). The van der Waals surface area contributed by atoms with Gasteiger partial charge in [0, 0.05) is 30.6 Å². The number of hydrogen-bond acceptors (Lipinski definition) is 4. The van der Waals surface area contributed by atoms with E-state index in [2.05, 4.69) is 10.3 Å². The smallest absolute Gasteiger partial charge is 0.243 e. The Labute approximate surface area is 153 Å². The second kappa shape index (κ2) is 7.94. The minimum absolute atomic E-state index is 0.187. The van der Waals surface area contributed by atoms with Crippen LogP contribution in [0.4, 0.5) is 5.69 Å². The van der Waals surface area contributed by atoms with Gasteiger partial charge in [0.15, 0.2) is 0 Å². The molecule has 2 N–H and O–H groups in total. The van der Waals surface area contributed by atoms with Gasteiger partial charge >= 0.3 is 0 Å². The highest BCUT2D eigenvalue weighted by atomic mass is 32.2. The van der Waals surface area contributed by atoms with E-state index in [-0.39, 0.29) is 10.8 Å². The Morgan fingerprint density at radius 3 is 2.46 bits per heavy atom. The summed E-state index contributed by atoms with van der Waals surface area (Å²) in [4.78, 5) is 16.8. The number of quaternary nitrogens is 1. The van der Waals surface area contributed by atoms with Gasteiger partial charge < -0.3 is 10.2 Å². The van der Waals surface area contributed by atoms with E-state index in [0.717, 1.165) is 25.2 Å². The van der Waals surface area contributed by atoms with Crippen LogP contribution in [0.25, 0.3) is 0 Å². The molecule has 1 aliphatic rings. The van der Waals surface area contributed by atoms with Crippen LogP contribution in [-0.4, -0.2) is 49.8 Å². The zero-order valence-corrected chi connectivity index (χ0v) is 15.5. The number of benzene rings is 1. The molecule has 1 fully saturated rings. The molecule has 0 radical (unpaired) electrons. The minimum atomic E-state index is -3.51. The monoisotopic (exact) mass is 375 g/mol. The number of piperazine rings is 1. The number of sulfonamides is 1. The van der Waals surface area contributed by atoms with Crippen molar-refractivity contribution in [2.24, 2.45) is 0 Å². The summed E-state index contributed by atoms with van der Waals surface area (Å²) in [7, 11) is -3.51. The van der Waals surface area contributed by atoms with E-state index >= 15 is 0 Å². The number of carbonyl (C=O) groups is 1. The van der Waals surface area contributed by atoms with Crippen molar-refractivity contribution in [1.82, 2.24) is 9.29 Å². The molecule has 2 heterocycles. The van der Waals surface area contributed by atoms with Crippen molar-refractivity contribution in [2.45, 2.75) is 18.4 Å². The Morgan fingerprint density at radius 1 is 1.19 bits per heavy atom. The van der Waals surface area contributed by atoms with Crippen LogP contribution < -0.4 is 10.2 Å². The lowest BCUT2D eigenvalue weighted by atomic mass is 10.2. The second-order valence-electron chi connectivity index (χ2n) is 6.40. The van der Waals surface area contributed by atoms with Gasteiger partial charge in [-0.3, -0.25) is 9.78 Å². The average molecular weight is 375 g/mol. The molecule has 1 aliphatic heterocycles. The maximum absolute atomic E-state index is 12.8. The highest BCUT2D eigenvalue weighted by Gasteiger charge is 2.30. The maximum Gasteiger partial charge on any atom is 0.243 e. The zero-order chi connectivity index (χ0) is 18.6. The molecule has 0 saturated carbocycles. The van der Waals surface area contributed by atoms with Gasteiger partial charge in [0.1, 0.15) is 6.54 Å². The first-order valence-electron chi connectivity index (χ1n) is 8.55. The fraction of sp³-hybridized carbons (Fsp3) is 0.333. The van der Waals surface area contributed by atoms with Crippen molar-refractivity contribution in [1.29, 1.82) is 0 Å². The number of anilines is 1. The molecule has 2 aromatic rings. The van der Waals surface area contributed by atoms with E-state index < -0.39 is 10.0 Å². The summed E-state index contributed by atoms with van der Waals surface area (Å²) in [6, 6.07) is 10.3. The molecular formula is C18H23N4O3S+. The van der Waals surface area contributed by atoms with Gasteiger partial charge in [-0.25, -0.2) is 8.42 Å². The minimum Gasteiger partial charge on any atom is -0.329 e. The normalized spacial score (nSPS) is 16.3. The Hall–Kier alpha value is -2.29. The maximum atomic E-state index is 12.8. The molecule has 8 heteroatoms. The van der Waals surface area contributed by atoms with E-state index in [9.17, 15) is 13.2 Å². The molecule has 138 valence electrons. The van der Waals surface area contributed by atoms with Gasteiger partial charge in [-0.05, 0) is 30.3 Å². The van der Waals surface area contributed by atoms with Crippen LogP contribution in [0.2, 0.25) is 0 Å². The summed E-state index contributed by atoms with van der Waals surface area (Å²) >= 11 is 0. The molecule has 7 nitrogen and oxygen atoms in total. The van der Waals surface area contributed by atoms with Crippen LogP contribution in [0.15, 0.2) is 53.7 Å². The number of aromatic nitrogens is 1. The number of nitrogens with zero attached hydrogens (tertiary/aromatic N) is 2. The summed E-state index contributed by atoms with van der Waals surface area (Å²) in [5.74, 6) is -0.187. The highest BCUT2D eigenvalue weighted by molar-refractivity contribution is 7.89. The molecule has 0 bridgehead atoms. The van der Waals surface area contributed by atoms with Crippen LogP contribution in [-0.2, 0) is 21.4 Å². The van der Waals surface area contributed by atoms with Crippen LogP contribution in [0.1, 0.15) is 12.5 Å². The quantitative estimate of drug-likeness (QED) is 0.778. The molecular weight excluding hydrogens is 352 g/mol. The van der Waals surface area contributed by atoms with Crippen molar-refractivity contribution in [3.05, 3.63) is 54.4 Å². The summed E-state index contributed by atoms with van der Waals surface area (Å²) < 4.78 is 27.1. The average Bonchev–Trinajstić information content (AvgIpc) is 2.63. The number of hydrogen-bond donors (Lipinski definition) is 2. The van der Waals surface area contributed by atoms with Crippen molar-refractivity contribution < 1.29 is 18.1 Å².